The molecule has 0 unspecified atom stereocenters. The van der Waals surface area contributed by atoms with Gasteiger partial charge < -0.3 is 4.90 Å². The summed E-state index contributed by atoms with van der Waals surface area (Å²) in [5.74, 6) is 1.08. The lowest BCUT2D eigenvalue weighted by molar-refractivity contribution is 0.835. The van der Waals surface area contributed by atoms with E-state index in [0.717, 1.165) is 18.8 Å². The van der Waals surface area contributed by atoms with Gasteiger partial charge in [0.25, 0.3) is 0 Å². The van der Waals surface area contributed by atoms with Gasteiger partial charge >= 0.3 is 0 Å². The fraction of sp³-hybridized carbons (Fsp3) is 0.444. The molecule has 0 saturated heterocycles. The molecule has 0 aliphatic heterocycles. The molecular weight excluding hydrogens is 263 g/mol. The maximum atomic E-state index is 4.32. The Morgan fingerprint density at radius 2 is 2.33 bits per heavy atom. The van der Waals surface area contributed by atoms with E-state index in [1.807, 2.05) is 12.3 Å². The van der Waals surface area contributed by atoms with E-state index >= 15 is 0 Å². The van der Waals surface area contributed by atoms with Crippen molar-refractivity contribution in [3.8, 4) is 0 Å². The van der Waals surface area contributed by atoms with Crippen LogP contribution in [-0.2, 0) is 0 Å². The number of nitrogens with zero attached hydrogens (tertiary/aromatic N) is 2. The van der Waals surface area contributed by atoms with Crippen LogP contribution in [0.3, 0.4) is 0 Å². The molecule has 0 atom stereocenters. The normalized spacial score (nSPS) is 9.92. The Labute approximate surface area is 87.1 Å². The highest BCUT2D eigenvalue weighted by Crippen LogP contribution is 2.17. The van der Waals surface area contributed by atoms with Gasteiger partial charge in [0.15, 0.2) is 0 Å². The lowest BCUT2D eigenvalue weighted by Crippen LogP contribution is -2.19. The average molecular weight is 276 g/mol. The summed E-state index contributed by atoms with van der Waals surface area (Å²) in [6.07, 6.45) is 2.99. The minimum atomic E-state index is 1.06. The third-order valence-electron chi connectivity index (χ3n) is 1.66. The average Bonchev–Trinajstić information content (AvgIpc) is 2.05. The fourth-order valence-electron chi connectivity index (χ4n) is 1.10. The van der Waals surface area contributed by atoms with E-state index < -0.39 is 0 Å². The Bertz CT molecular complexity index is 250. The molecule has 2 nitrogen and oxygen atoms in total. The van der Waals surface area contributed by atoms with Crippen molar-refractivity contribution < 1.29 is 0 Å². The number of rotatable bonds is 3. The number of pyridine rings is 1. The third kappa shape index (κ3) is 2.33. The molecule has 0 bridgehead atoms. The van der Waals surface area contributed by atoms with Crippen molar-refractivity contribution in [2.24, 2.45) is 0 Å². The van der Waals surface area contributed by atoms with Gasteiger partial charge in [0.1, 0.15) is 5.82 Å². The predicted octanol–water partition coefficient (Wildman–Crippen LogP) is 2.53. The van der Waals surface area contributed by atoms with E-state index in [2.05, 4.69) is 52.5 Å². The van der Waals surface area contributed by atoms with Crippen molar-refractivity contribution in [1.82, 2.24) is 4.98 Å². The molecule has 0 aliphatic carbocycles. The second kappa shape index (κ2) is 4.64. The first-order valence-electron chi connectivity index (χ1n) is 4.07. The van der Waals surface area contributed by atoms with E-state index in [1.165, 1.54) is 3.57 Å². The molecule has 3 heteroatoms. The van der Waals surface area contributed by atoms with E-state index in [-0.39, 0.29) is 0 Å². The van der Waals surface area contributed by atoms with Crippen LogP contribution < -0.4 is 4.90 Å². The lowest BCUT2D eigenvalue weighted by atomic mass is 10.4. The van der Waals surface area contributed by atoms with Crippen molar-refractivity contribution in [2.75, 3.05) is 18.5 Å². The second-order valence-electron chi connectivity index (χ2n) is 2.73. The van der Waals surface area contributed by atoms with Crippen LogP contribution in [0.5, 0.6) is 0 Å². The molecule has 0 radical (unpaired) electrons. The smallest absolute Gasteiger partial charge is 0.141 e. The summed E-state index contributed by atoms with van der Waals surface area (Å²) in [5.41, 5.74) is 0. The minimum absolute atomic E-state index is 1.06. The molecule has 0 aromatic carbocycles. The topological polar surface area (TPSA) is 16.1 Å². The Morgan fingerprint density at radius 3 is 2.92 bits per heavy atom. The van der Waals surface area contributed by atoms with Gasteiger partial charge in [-0.25, -0.2) is 4.98 Å². The van der Waals surface area contributed by atoms with E-state index in [4.69, 9.17) is 0 Å². The molecule has 66 valence electrons. The van der Waals surface area contributed by atoms with Crippen LogP contribution >= 0.6 is 22.6 Å². The largest absolute Gasteiger partial charge is 0.359 e. The Balaban J connectivity index is 2.79. The van der Waals surface area contributed by atoms with Gasteiger partial charge in [-0.2, -0.15) is 0 Å². The molecule has 0 aliphatic rings. The van der Waals surface area contributed by atoms with Crippen LogP contribution in [0.25, 0.3) is 0 Å². The van der Waals surface area contributed by atoms with Crippen molar-refractivity contribution in [1.29, 1.82) is 0 Å². The van der Waals surface area contributed by atoms with Gasteiger partial charge in [0.05, 0.1) is 3.57 Å². The zero-order valence-corrected chi connectivity index (χ0v) is 9.58. The van der Waals surface area contributed by atoms with Crippen molar-refractivity contribution >= 4 is 28.4 Å². The lowest BCUT2D eigenvalue weighted by Gasteiger charge is -2.17. The highest BCUT2D eigenvalue weighted by Gasteiger charge is 2.03. The van der Waals surface area contributed by atoms with E-state index in [0.29, 0.717) is 0 Å². The number of aromatic nitrogens is 1. The van der Waals surface area contributed by atoms with Crippen LogP contribution in [0, 0.1) is 3.57 Å². The molecule has 1 heterocycles. The van der Waals surface area contributed by atoms with Gasteiger partial charge in [-0.1, -0.05) is 6.92 Å². The zero-order chi connectivity index (χ0) is 8.97. The SMILES string of the molecule is CCCN(C)c1ncccc1I. The van der Waals surface area contributed by atoms with Gasteiger partial charge in [0, 0.05) is 19.8 Å². The van der Waals surface area contributed by atoms with Gasteiger partial charge in [-0.05, 0) is 41.1 Å². The Morgan fingerprint density at radius 1 is 1.58 bits per heavy atom. The first kappa shape index (κ1) is 9.77. The first-order chi connectivity index (χ1) is 5.75. The zero-order valence-electron chi connectivity index (χ0n) is 7.42. The summed E-state index contributed by atoms with van der Waals surface area (Å²) < 4.78 is 1.21. The van der Waals surface area contributed by atoms with E-state index in [9.17, 15) is 0 Å². The summed E-state index contributed by atoms with van der Waals surface area (Å²) in [6.45, 7) is 3.24. The third-order valence-corrected chi connectivity index (χ3v) is 2.50. The van der Waals surface area contributed by atoms with Gasteiger partial charge in [0.2, 0.25) is 0 Å². The Hall–Kier alpha value is -0.320. The molecule has 0 saturated carbocycles. The van der Waals surface area contributed by atoms with E-state index in [1.54, 1.807) is 0 Å². The molecule has 1 rings (SSSR count). The molecule has 12 heavy (non-hydrogen) atoms. The number of anilines is 1. The summed E-state index contributed by atoms with van der Waals surface area (Å²) in [6, 6.07) is 4.04. The molecule has 0 N–H and O–H groups in total. The standard InChI is InChI=1S/C9H13IN2/c1-3-7-12(2)9-8(10)5-4-6-11-9/h4-6H,3,7H2,1-2H3. The highest BCUT2D eigenvalue weighted by atomic mass is 127. The summed E-state index contributed by atoms with van der Waals surface area (Å²) >= 11 is 2.31. The molecule has 1 aromatic rings. The molecule has 1 aromatic heterocycles. The first-order valence-corrected chi connectivity index (χ1v) is 5.15. The van der Waals surface area contributed by atoms with Crippen LogP contribution in [-0.4, -0.2) is 18.6 Å². The maximum absolute atomic E-state index is 4.32. The summed E-state index contributed by atoms with van der Waals surface area (Å²) in [4.78, 5) is 6.50. The summed E-state index contributed by atoms with van der Waals surface area (Å²) in [5, 5.41) is 0. The molecule has 0 fully saturated rings. The van der Waals surface area contributed by atoms with Gasteiger partial charge in [-0.3, -0.25) is 0 Å². The molecular formula is C9H13IN2. The van der Waals surface area contributed by atoms with Crippen LogP contribution in [0.2, 0.25) is 0 Å². The quantitative estimate of drug-likeness (QED) is 0.789. The monoisotopic (exact) mass is 276 g/mol. The number of hydrogen-bond donors (Lipinski definition) is 0. The maximum Gasteiger partial charge on any atom is 0.141 e. The Kier molecular flexibility index (Phi) is 3.78. The predicted molar refractivity (Wildman–Crippen MR) is 60.5 cm³/mol. The van der Waals surface area contributed by atoms with Crippen molar-refractivity contribution in [3.05, 3.63) is 21.9 Å². The van der Waals surface area contributed by atoms with Crippen LogP contribution in [0.15, 0.2) is 18.3 Å². The number of hydrogen-bond acceptors (Lipinski definition) is 2. The van der Waals surface area contributed by atoms with Gasteiger partial charge in [-0.15, -0.1) is 0 Å². The molecule has 0 amide bonds. The fourth-order valence-corrected chi connectivity index (χ4v) is 1.86. The van der Waals surface area contributed by atoms with Crippen LogP contribution in [0.4, 0.5) is 5.82 Å². The minimum Gasteiger partial charge on any atom is -0.359 e. The van der Waals surface area contributed by atoms with Crippen molar-refractivity contribution in [2.45, 2.75) is 13.3 Å². The van der Waals surface area contributed by atoms with Crippen molar-refractivity contribution in [3.63, 3.8) is 0 Å². The number of halogens is 1. The second-order valence-corrected chi connectivity index (χ2v) is 3.89. The highest BCUT2D eigenvalue weighted by molar-refractivity contribution is 14.1. The molecule has 0 spiro atoms. The summed E-state index contributed by atoms with van der Waals surface area (Å²) in [7, 11) is 2.08. The van der Waals surface area contributed by atoms with Crippen LogP contribution in [0.1, 0.15) is 13.3 Å².